The number of carbonyl (C=O) groups excluding carboxylic acids is 1. The first-order valence-corrected chi connectivity index (χ1v) is 16.3. The third kappa shape index (κ3) is 8.81. The number of H-pyrrole nitrogens is 1. The first-order valence-electron chi connectivity index (χ1n) is 16.3. The van der Waals surface area contributed by atoms with E-state index in [1.54, 1.807) is 4.57 Å². The fourth-order valence-corrected chi connectivity index (χ4v) is 6.47. The van der Waals surface area contributed by atoms with Crippen LogP contribution in [0.4, 0.5) is 5.82 Å². The molecule has 5 rings (SSSR count). The molecule has 0 unspecified atom stereocenters. The van der Waals surface area contributed by atoms with Crippen molar-refractivity contribution in [3.8, 4) is 6.01 Å². The van der Waals surface area contributed by atoms with Gasteiger partial charge in [0.25, 0.3) is 0 Å². The van der Waals surface area contributed by atoms with Gasteiger partial charge in [-0.3, -0.25) is 14.3 Å². The van der Waals surface area contributed by atoms with Gasteiger partial charge in [0.05, 0.1) is 39.4 Å². The lowest BCUT2D eigenvalue weighted by atomic mass is 9.78. The standard InChI is InChI=1S/C32H48N8O5/c1-2-3-17-44-31-36-29(33)28-30(37-31)40(32(42)35-28)22-24-6-4-23(5-7-24)21-38-13-8-25(9-14-38)26-10-15-39(16-11-26)27(41)12-18-43-19-20-45-34/h4-7,25-26H,2-3,8-22,34H2,1H3,(H,35,42)(H2,33,36,37). The Morgan fingerprint density at radius 1 is 0.933 bits per heavy atom. The molecular weight excluding hydrogens is 576 g/mol. The summed E-state index contributed by atoms with van der Waals surface area (Å²) < 4.78 is 12.6. The number of amides is 1. The molecule has 0 spiro atoms. The third-order valence-corrected chi connectivity index (χ3v) is 9.13. The maximum atomic E-state index is 12.8. The van der Waals surface area contributed by atoms with Gasteiger partial charge < -0.3 is 29.9 Å². The number of nitrogen functional groups attached to an aromatic ring is 1. The van der Waals surface area contributed by atoms with Crippen molar-refractivity contribution in [1.82, 2.24) is 29.3 Å². The van der Waals surface area contributed by atoms with Gasteiger partial charge in [-0.2, -0.15) is 9.97 Å². The van der Waals surface area contributed by atoms with Crippen molar-refractivity contribution >= 4 is 22.9 Å². The van der Waals surface area contributed by atoms with Crippen LogP contribution in [0.1, 0.15) is 63.0 Å². The zero-order valence-electron chi connectivity index (χ0n) is 26.4. The molecule has 0 atom stereocenters. The molecule has 246 valence electrons. The molecule has 2 aromatic heterocycles. The van der Waals surface area contributed by atoms with Crippen LogP contribution in [0, 0.1) is 11.8 Å². The molecule has 1 aromatic carbocycles. The van der Waals surface area contributed by atoms with Crippen molar-refractivity contribution in [3.05, 3.63) is 45.9 Å². The number of carbonyl (C=O) groups is 1. The van der Waals surface area contributed by atoms with Gasteiger partial charge in [-0.15, -0.1) is 0 Å². The number of nitrogens with two attached hydrogens (primary N) is 2. The summed E-state index contributed by atoms with van der Waals surface area (Å²) in [6, 6.07) is 8.63. The Morgan fingerprint density at radius 3 is 2.27 bits per heavy atom. The summed E-state index contributed by atoms with van der Waals surface area (Å²) in [6.45, 7) is 8.90. The number of imidazole rings is 1. The lowest BCUT2D eigenvalue weighted by molar-refractivity contribution is -0.134. The largest absolute Gasteiger partial charge is 0.463 e. The summed E-state index contributed by atoms with van der Waals surface area (Å²) in [6.07, 6.45) is 6.88. The van der Waals surface area contributed by atoms with Crippen molar-refractivity contribution in [1.29, 1.82) is 0 Å². The SMILES string of the molecule is CCCCOc1nc(N)c2[nH]c(=O)n(Cc3ccc(CN4CCC(C5CCN(C(=O)CCOCCON)CC5)CC4)cc3)c2n1. The third-order valence-electron chi connectivity index (χ3n) is 9.13. The Bertz CT molecular complexity index is 1430. The molecule has 0 aliphatic carbocycles. The second-order valence-electron chi connectivity index (χ2n) is 12.2. The lowest BCUT2D eigenvalue weighted by Crippen LogP contribution is -2.42. The number of ether oxygens (including phenoxy) is 2. The monoisotopic (exact) mass is 624 g/mol. The van der Waals surface area contributed by atoms with Crippen LogP contribution in [0.15, 0.2) is 29.1 Å². The van der Waals surface area contributed by atoms with Crippen molar-refractivity contribution < 1.29 is 19.1 Å². The van der Waals surface area contributed by atoms with Crippen LogP contribution in [-0.4, -0.2) is 87.8 Å². The van der Waals surface area contributed by atoms with E-state index in [1.807, 2.05) is 4.90 Å². The number of piperidine rings is 2. The van der Waals surface area contributed by atoms with E-state index in [0.29, 0.717) is 56.5 Å². The first kappa shape index (κ1) is 32.9. The predicted octanol–water partition coefficient (Wildman–Crippen LogP) is 2.68. The Balaban J connectivity index is 1.07. The van der Waals surface area contributed by atoms with Crippen LogP contribution < -0.4 is 22.1 Å². The first-order chi connectivity index (χ1) is 21.9. The van der Waals surface area contributed by atoms with E-state index in [-0.39, 0.29) is 23.4 Å². The molecule has 2 aliphatic heterocycles. The highest BCUT2D eigenvalue weighted by molar-refractivity contribution is 5.82. The van der Waals surface area contributed by atoms with Crippen LogP contribution in [0.3, 0.4) is 0 Å². The maximum absolute atomic E-state index is 12.8. The number of fused-ring (bicyclic) bond motifs is 1. The zero-order valence-corrected chi connectivity index (χ0v) is 26.4. The van der Waals surface area contributed by atoms with Gasteiger partial charge in [-0.05, 0) is 68.2 Å². The molecule has 3 aromatic rings. The number of rotatable bonds is 15. The number of hydrogen-bond acceptors (Lipinski definition) is 10. The molecule has 0 bridgehead atoms. The summed E-state index contributed by atoms with van der Waals surface area (Å²) in [5.41, 5.74) is 8.96. The fraction of sp³-hybridized carbons (Fsp3) is 0.625. The minimum atomic E-state index is -0.277. The van der Waals surface area contributed by atoms with Crippen molar-refractivity contribution in [2.45, 2.75) is 65.0 Å². The average molecular weight is 625 g/mol. The quantitative estimate of drug-likeness (QED) is 0.169. The average Bonchev–Trinajstić information content (AvgIpc) is 3.37. The molecule has 45 heavy (non-hydrogen) atoms. The Labute approximate surface area is 264 Å². The van der Waals surface area contributed by atoms with Crippen LogP contribution in [0.25, 0.3) is 11.2 Å². The van der Waals surface area contributed by atoms with E-state index in [9.17, 15) is 9.59 Å². The number of unbranched alkanes of at least 4 members (excludes halogenated alkanes) is 1. The number of aromatic amines is 1. The summed E-state index contributed by atoms with van der Waals surface area (Å²) in [5, 5.41) is 0. The molecule has 0 radical (unpaired) electrons. The highest BCUT2D eigenvalue weighted by Crippen LogP contribution is 2.33. The number of anilines is 1. The van der Waals surface area contributed by atoms with Crippen LogP contribution in [0.2, 0.25) is 0 Å². The molecular formula is C32H48N8O5. The molecule has 5 N–H and O–H groups in total. The lowest BCUT2D eigenvalue weighted by Gasteiger charge is -2.40. The van der Waals surface area contributed by atoms with Gasteiger partial charge >= 0.3 is 11.7 Å². The molecule has 0 saturated carbocycles. The van der Waals surface area contributed by atoms with Crippen LogP contribution >= 0.6 is 0 Å². The van der Waals surface area contributed by atoms with Gasteiger partial charge in [0.1, 0.15) is 5.52 Å². The van der Waals surface area contributed by atoms with E-state index in [0.717, 1.165) is 69.9 Å². The number of nitrogens with one attached hydrogen (secondary N) is 1. The maximum Gasteiger partial charge on any atom is 0.328 e. The smallest absolute Gasteiger partial charge is 0.328 e. The van der Waals surface area contributed by atoms with E-state index in [4.69, 9.17) is 21.1 Å². The second-order valence-corrected chi connectivity index (χ2v) is 12.2. The Morgan fingerprint density at radius 2 is 1.60 bits per heavy atom. The normalized spacial score (nSPS) is 16.9. The Kier molecular flexibility index (Phi) is 11.8. The highest BCUT2D eigenvalue weighted by atomic mass is 16.6. The summed E-state index contributed by atoms with van der Waals surface area (Å²) in [7, 11) is 0. The number of hydrogen-bond donors (Lipinski definition) is 3. The van der Waals surface area contributed by atoms with E-state index in [2.05, 4.69) is 55.9 Å². The van der Waals surface area contributed by atoms with Gasteiger partial charge in [-0.25, -0.2) is 10.7 Å². The number of aromatic nitrogens is 4. The van der Waals surface area contributed by atoms with Gasteiger partial charge in [-0.1, -0.05) is 37.6 Å². The number of nitrogens with zero attached hydrogens (tertiary/aromatic N) is 5. The fourth-order valence-electron chi connectivity index (χ4n) is 6.47. The van der Waals surface area contributed by atoms with E-state index in [1.165, 1.54) is 18.4 Å². The number of benzene rings is 1. The minimum absolute atomic E-state index is 0.177. The molecule has 2 saturated heterocycles. The zero-order chi connectivity index (χ0) is 31.6. The second kappa shape index (κ2) is 16.2. The van der Waals surface area contributed by atoms with Gasteiger partial charge in [0, 0.05) is 19.6 Å². The van der Waals surface area contributed by atoms with E-state index >= 15 is 0 Å². The van der Waals surface area contributed by atoms with Crippen LogP contribution in [0.5, 0.6) is 6.01 Å². The van der Waals surface area contributed by atoms with Gasteiger partial charge in [0.2, 0.25) is 5.91 Å². The summed E-state index contributed by atoms with van der Waals surface area (Å²) in [4.78, 5) is 45.7. The molecule has 4 heterocycles. The molecule has 2 fully saturated rings. The van der Waals surface area contributed by atoms with Crippen LogP contribution in [-0.2, 0) is 27.5 Å². The molecule has 13 nitrogen and oxygen atoms in total. The number of likely N-dealkylation sites (tertiary alicyclic amines) is 2. The van der Waals surface area contributed by atoms with E-state index < -0.39 is 0 Å². The Hall–Kier alpha value is -3.52. The topological polar surface area (TPSA) is 167 Å². The van der Waals surface area contributed by atoms with Crippen molar-refractivity contribution in [2.24, 2.45) is 17.7 Å². The van der Waals surface area contributed by atoms with Gasteiger partial charge in [0.15, 0.2) is 11.5 Å². The van der Waals surface area contributed by atoms with Crippen molar-refractivity contribution in [2.75, 3.05) is 58.3 Å². The molecule has 2 aliphatic rings. The minimum Gasteiger partial charge on any atom is -0.463 e. The molecule has 1 amide bonds. The highest BCUT2D eigenvalue weighted by Gasteiger charge is 2.30. The summed E-state index contributed by atoms with van der Waals surface area (Å²) in [5.74, 6) is 6.79. The molecule has 13 heteroatoms. The summed E-state index contributed by atoms with van der Waals surface area (Å²) >= 11 is 0. The predicted molar refractivity (Wildman–Crippen MR) is 171 cm³/mol. The van der Waals surface area contributed by atoms with Crippen molar-refractivity contribution in [3.63, 3.8) is 0 Å².